The minimum atomic E-state index is -0.0765. The average molecular weight is 289 g/mol. The van der Waals surface area contributed by atoms with Crippen molar-refractivity contribution in [3.05, 3.63) is 39.9 Å². The Hall–Kier alpha value is -1.72. The molecule has 0 saturated carbocycles. The fourth-order valence-corrected chi connectivity index (χ4v) is 2.43. The number of benzene rings is 1. The number of nitrogens with zero attached hydrogens (tertiary/aromatic N) is 2. The maximum atomic E-state index is 12.1. The number of rotatable bonds is 7. The van der Waals surface area contributed by atoms with Crippen LogP contribution in [0.25, 0.3) is 10.9 Å². The maximum Gasteiger partial charge on any atom is 0.258 e. The van der Waals surface area contributed by atoms with Crippen molar-refractivity contribution in [2.24, 2.45) is 0 Å². The van der Waals surface area contributed by atoms with E-state index >= 15 is 0 Å². The predicted octanol–water partition coefficient (Wildman–Crippen LogP) is 1.83. The SMILES string of the molecule is Cc1cccc2c(=O)[nH]c(CN(C)CCCCCO)nc12. The number of H-pyrrole nitrogens is 1. The number of fused-ring (bicyclic) bond motifs is 1. The second-order valence-corrected chi connectivity index (χ2v) is 5.51. The third-order valence-electron chi connectivity index (χ3n) is 3.60. The van der Waals surface area contributed by atoms with Crippen molar-refractivity contribution < 1.29 is 5.11 Å². The Morgan fingerprint density at radius 2 is 2.10 bits per heavy atom. The van der Waals surface area contributed by atoms with E-state index in [0.717, 1.165) is 36.9 Å². The molecule has 0 aliphatic rings. The summed E-state index contributed by atoms with van der Waals surface area (Å²) < 4.78 is 0. The number of unbranched alkanes of at least 4 members (excludes halogenated alkanes) is 2. The van der Waals surface area contributed by atoms with E-state index in [0.29, 0.717) is 17.8 Å². The summed E-state index contributed by atoms with van der Waals surface area (Å²) in [6.45, 7) is 3.77. The van der Waals surface area contributed by atoms with Crippen LogP contribution in [0.4, 0.5) is 0 Å². The molecule has 0 bridgehead atoms. The molecule has 1 aromatic heterocycles. The molecule has 1 aromatic carbocycles. The number of para-hydroxylation sites is 1. The molecule has 21 heavy (non-hydrogen) atoms. The van der Waals surface area contributed by atoms with Gasteiger partial charge in [-0.3, -0.25) is 9.69 Å². The zero-order chi connectivity index (χ0) is 15.2. The normalized spacial score (nSPS) is 11.4. The Labute approximate surface area is 124 Å². The number of aromatic amines is 1. The van der Waals surface area contributed by atoms with Crippen molar-refractivity contribution >= 4 is 10.9 Å². The van der Waals surface area contributed by atoms with Crippen molar-refractivity contribution in [2.45, 2.75) is 32.7 Å². The molecular weight excluding hydrogens is 266 g/mol. The van der Waals surface area contributed by atoms with Gasteiger partial charge in [0.25, 0.3) is 5.56 Å². The van der Waals surface area contributed by atoms with Crippen LogP contribution in [0.5, 0.6) is 0 Å². The molecular formula is C16H23N3O2. The molecule has 5 nitrogen and oxygen atoms in total. The summed E-state index contributed by atoms with van der Waals surface area (Å²) in [6, 6.07) is 5.65. The van der Waals surface area contributed by atoms with Gasteiger partial charge in [0.2, 0.25) is 0 Å². The number of aryl methyl sites for hydroxylation is 1. The molecule has 0 amide bonds. The van der Waals surface area contributed by atoms with Crippen molar-refractivity contribution in [1.82, 2.24) is 14.9 Å². The second kappa shape index (κ2) is 7.33. The smallest absolute Gasteiger partial charge is 0.258 e. The summed E-state index contributed by atoms with van der Waals surface area (Å²) in [6.07, 6.45) is 2.90. The molecule has 0 aliphatic heterocycles. The summed E-state index contributed by atoms with van der Waals surface area (Å²) in [4.78, 5) is 21.7. The van der Waals surface area contributed by atoms with E-state index in [4.69, 9.17) is 5.11 Å². The first-order valence-corrected chi connectivity index (χ1v) is 7.39. The summed E-state index contributed by atoms with van der Waals surface area (Å²) in [5.41, 5.74) is 1.72. The van der Waals surface area contributed by atoms with Crippen LogP contribution >= 0.6 is 0 Å². The van der Waals surface area contributed by atoms with Gasteiger partial charge in [-0.1, -0.05) is 12.1 Å². The Morgan fingerprint density at radius 1 is 1.29 bits per heavy atom. The predicted molar refractivity (Wildman–Crippen MR) is 84.4 cm³/mol. The van der Waals surface area contributed by atoms with Crippen molar-refractivity contribution in [1.29, 1.82) is 0 Å². The first-order valence-electron chi connectivity index (χ1n) is 7.39. The lowest BCUT2D eigenvalue weighted by molar-refractivity contribution is 0.269. The summed E-state index contributed by atoms with van der Waals surface area (Å²) in [5.74, 6) is 0.700. The summed E-state index contributed by atoms with van der Waals surface area (Å²) in [7, 11) is 2.01. The Kier molecular flexibility index (Phi) is 5.47. The lowest BCUT2D eigenvalue weighted by atomic mass is 10.1. The highest BCUT2D eigenvalue weighted by molar-refractivity contribution is 5.80. The number of hydrogen-bond donors (Lipinski definition) is 2. The number of aromatic nitrogens is 2. The maximum absolute atomic E-state index is 12.1. The van der Waals surface area contributed by atoms with Gasteiger partial charge in [-0.15, -0.1) is 0 Å². The van der Waals surface area contributed by atoms with Crippen LogP contribution in [0.2, 0.25) is 0 Å². The summed E-state index contributed by atoms with van der Waals surface area (Å²) >= 11 is 0. The van der Waals surface area contributed by atoms with E-state index in [9.17, 15) is 4.79 Å². The first-order chi connectivity index (χ1) is 10.1. The Morgan fingerprint density at radius 3 is 2.86 bits per heavy atom. The van der Waals surface area contributed by atoms with Gasteiger partial charge in [0.15, 0.2) is 0 Å². The van der Waals surface area contributed by atoms with Gasteiger partial charge in [-0.2, -0.15) is 0 Å². The number of hydrogen-bond acceptors (Lipinski definition) is 4. The Balaban J connectivity index is 2.09. The van der Waals surface area contributed by atoms with Crippen LogP contribution in [-0.2, 0) is 6.54 Å². The molecule has 0 saturated heterocycles. The minimum Gasteiger partial charge on any atom is -0.396 e. The van der Waals surface area contributed by atoms with Crippen LogP contribution in [-0.4, -0.2) is 40.2 Å². The molecule has 0 radical (unpaired) electrons. The van der Waals surface area contributed by atoms with Crippen molar-refractivity contribution in [3.63, 3.8) is 0 Å². The average Bonchev–Trinajstić information content (AvgIpc) is 2.45. The molecule has 0 aliphatic carbocycles. The third-order valence-corrected chi connectivity index (χ3v) is 3.60. The molecule has 5 heteroatoms. The minimum absolute atomic E-state index is 0.0765. The van der Waals surface area contributed by atoms with Gasteiger partial charge in [-0.05, 0) is 51.4 Å². The molecule has 2 aromatic rings. The van der Waals surface area contributed by atoms with Gasteiger partial charge in [0, 0.05) is 6.61 Å². The van der Waals surface area contributed by atoms with Gasteiger partial charge >= 0.3 is 0 Å². The van der Waals surface area contributed by atoms with Gasteiger partial charge in [0.05, 0.1) is 17.4 Å². The van der Waals surface area contributed by atoms with Crippen LogP contribution in [0.3, 0.4) is 0 Å². The fraction of sp³-hybridized carbons (Fsp3) is 0.500. The largest absolute Gasteiger partial charge is 0.396 e. The molecule has 2 N–H and O–H groups in total. The van der Waals surface area contributed by atoms with Crippen LogP contribution in [0.1, 0.15) is 30.7 Å². The standard InChI is InChI=1S/C16H23N3O2/c1-12-7-6-8-13-15(12)17-14(18-16(13)21)11-19(2)9-4-3-5-10-20/h6-8,20H,3-5,9-11H2,1-2H3,(H,17,18,21). The monoisotopic (exact) mass is 289 g/mol. The highest BCUT2D eigenvalue weighted by Gasteiger charge is 2.07. The lowest BCUT2D eigenvalue weighted by Gasteiger charge is -2.16. The van der Waals surface area contributed by atoms with Crippen molar-refractivity contribution in [3.8, 4) is 0 Å². The first kappa shape index (κ1) is 15.7. The van der Waals surface area contributed by atoms with Gasteiger partial charge in [-0.25, -0.2) is 4.98 Å². The molecule has 114 valence electrons. The number of aliphatic hydroxyl groups is 1. The highest BCUT2D eigenvalue weighted by atomic mass is 16.2. The van der Waals surface area contributed by atoms with Gasteiger partial charge < -0.3 is 10.1 Å². The second-order valence-electron chi connectivity index (χ2n) is 5.51. The molecule has 0 unspecified atom stereocenters. The van der Waals surface area contributed by atoms with Crippen molar-refractivity contribution in [2.75, 3.05) is 20.2 Å². The lowest BCUT2D eigenvalue weighted by Crippen LogP contribution is -2.23. The van der Waals surface area contributed by atoms with Gasteiger partial charge in [0.1, 0.15) is 5.82 Å². The van der Waals surface area contributed by atoms with Crippen LogP contribution in [0, 0.1) is 6.92 Å². The highest BCUT2D eigenvalue weighted by Crippen LogP contribution is 2.12. The van der Waals surface area contributed by atoms with E-state index in [2.05, 4.69) is 14.9 Å². The third kappa shape index (κ3) is 4.12. The Bertz CT molecular complexity index is 652. The molecule has 0 spiro atoms. The zero-order valence-corrected chi connectivity index (χ0v) is 12.7. The van der Waals surface area contributed by atoms with Crippen LogP contribution < -0.4 is 5.56 Å². The zero-order valence-electron chi connectivity index (χ0n) is 12.7. The number of aliphatic hydroxyl groups excluding tert-OH is 1. The fourth-order valence-electron chi connectivity index (χ4n) is 2.43. The van der Waals surface area contributed by atoms with E-state index in [-0.39, 0.29) is 12.2 Å². The van der Waals surface area contributed by atoms with E-state index in [1.807, 2.05) is 26.1 Å². The van der Waals surface area contributed by atoms with E-state index in [1.165, 1.54) is 0 Å². The summed E-state index contributed by atoms with van der Waals surface area (Å²) in [5, 5.41) is 9.40. The van der Waals surface area contributed by atoms with E-state index < -0.39 is 0 Å². The van der Waals surface area contributed by atoms with Crippen LogP contribution in [0.15, 0.2) is 23.0 Å². The topological polar surface area (TPSA) is 69.2 Å². The molecule has 0 atom stereocenters. The molecule has 0 fully saturated rings. The number of nitrogens with one attached hydrogen (secondary N) is 1. The molecule has 2 rings (SSSR count). The van der Waals surface area contributed by atoms with E-state index in [1.54, 1.807) is 6.07 Å². The quantitative estimate of drug-likeness (QED) is 0.763. The molecule has 1 heterocycles.